The van der Waals surface area contributed by atoms with Crippen LogP contribution in [0, 0.1) is 5.92 Å². The van der Waals surface area contributed by atoms with Crippen LogP contribution in [0.1, 0.15) is 24.8 Å². The molecule has 0 N–H and O–H groups in total. The Morgan fingerprint density at radius 2 is 1.95 bits per heavy atom. The Labute approximate surface area is 125 Å². The molecule has 1 saturated heterocycles. The van der Waals surface area contributed by atoms with Crippen LogP contribution >= 0.6 is 0 Å². The molecule has 1 aliphatic carbocycles. The van der Waals surface area contributed by atoms with E-state index in [1.807, 2.05) is 12.1 Å². The highest BCUT2D eigenvalue weighted by Gasteiger charge is 2.25. The molecule has 2 aliphatic heterocycles. The molecule has 0 spiro atoms. The predicted molar refractivity (Wildman–Crippen MR) is 78.0 cm³/mol. The summed E-state index contributed by atoms with van der Waals surface area (Å²) in [5.74, 6) is 2.71. The highest BCUT2D eigenvalue weighted by atomic mass is 16.6. The molecule has 4 heteroatoms. The van der Waals surface area contributed by atoms with Gasteiger partial charge in [0.2, 0.25) is 0 Å². The summed E-state index contributed by atoms with van der Waals surface area (Å²) in [4.78, 5) is 0. The van der Waals surface area contributed by atoms with E-state index in [0.717, 1.165) is 43.5 Å². The zero-order valence-corrected chi connectivity index (χ0v) is 12.3. The second-order valence-corrected chi connectivity index (χ2v) is 6.30. The van der Waals surface area contributed by atoms with Gasteiger partial charge in [-0.3, -0.25) is 0 Å². The highest BCUT2D eigenvalue weighted by molar-refractivity contribution is 5.41. The lowest BCUT2D eigenvalue weighted by Crippen LogP contribution is -2.28. The monoisotopic (exact) mass is 290 g/mol. The second kappa shape index (κ2) is 5.85. The van der Waals surface area contributed by atoms with Gasteiger partial charge in [-0.05, 0) is 55.4 Å². The number of fused-ring (bicyclic) bond motifs is 1. The van der Waals surface area contributed by atoms with Crippen LogP contribution in [0.4, 0.5) is 0 Å². The van der Waals surface area contributed by atoms with Crippen LogP contribution in [0.25, 0.3) is 0 Å². The van der Waals surface area contributed by atoms with E-state index < -0.39 is 0 Å². The minimum Gasteiger partial charge on any atom is -0.491 e. The summed E-state index contributed by atoms with van der Waals surface area (Å²) >= 11 is 0. The Morgan fingerprint density at radius 3 is 2.76 bits per heavy atom. The van der Waals surface area contributed by atoms with Crippen molar-refractivity contribution in [3.05, 3.63) is 23.8 Å². The fourth-order valence-corrected chi connectivity index (χ4v) is 2.63. The average molecular weight is 290 g/mol. The van der Waals surface area contributed by atoms with Gasteiger partial charge in [0.05, 0.1) is 13.2 Å². The van der Waals surface area contributed by atoms with Crippen molar-refractivity contribution in [2.24, 2.45) is 5.92 Å². The van der Waals surface area contributed by atoms with Crippen LogP contribution in [0.3, 0.4) is 0 Å². The maximum absolute atomic E-state index is 6.02. The molecule has 2 heterocycles. The van der Waals surface area contributed by atoms with Gasteiger partial charge in [0.1, 0.15) is 30.3 Å². The molecular formula is C17H22O4. The molecular weight excluding hydrogens is 268 g/mol. The van der Waals surface area contributed by atoms with Crippen LogP contribution < -0.4 is 9.47 Å². The smallest absolute Gasteiger partial charge is 0.123 e. The van der Waals surface area contributed by atoms with E-state index in [1.165, 1.54) is 18.4 Å². The first-order chi connectivity index (χ1) is 10.4. The molecule has 0 aromatic heterocycles. The van der Waals surface area contributed by atoms with Gasteiger partial charge in [0, 0.05) is 6.61 Å². The molecule has 1 aromatic rings. The summed E-state index contributed by atoms with van der Waals surface area (Å²) in [5, 5.41) is 0. The molecule has 1 aromatic carbocycles. The number of hydrogen-bond acceptors (Lipinski definition) is 4. The minimum absolute atomic E-state index is 0.197. The van der Waals surface area contributed by atoms with Crippen molar-refractivity contribution in [1.82, 2.24) is 0 Å². The molecule has 114 valence electrons. The first kappa shape index (κ1) is 13.4. The lowest BCUT2D eigenvalue weighted by atomic mass is 10.0. The van der Waals surface area contributed by atoms with Crippen LogP contribution in [-0.4, -0.2) is 38.6 Å². The van der Waals surface area contributed by atoms with E-state index in [1.54, 1.807) is 0 Å². The van der Waals surface area contributed by atoms with Crippen molar-refractivity contribution in [3.8, 4) is 11.5 Å². The van der Waals surface area contributed by atoms with Gasteiger partial charge in [-0.15, -0.1) is 0 Å². The van der Waals surface area contributed by atoms with Gasteiger partial charge in [-0.2, -0.15) is 0 Å². The largest absolute Gasteiger partial charge is 0.491 e. The zero-order chi connectivity index (χ0) is 14.1. The predicted octanol–water partition coefficient (Wildman–Crippen LogP) is 2.58. The lowest BCUT2D eigenvalue weighted by molar-refractivity contribution is 0.0353. The van der Waals surface area contributed by atoms with Crippen molar-refractivity contribution in [2.45, 2.75) is 37.9 Å². The number of benzene rings is 1. The van der Waals surface area contributed by atoms with E-state index in [0.29, 0.717) is 19.3 Å². The Bertz CT molecular complexity index is 494. The van der Waals surface area contributed by atoms with Crippen molar-refractivity contribution in [1.29, 1.82) is 0 Å². The molecule has 2 unspecified atom stereocenters. The van der Waals surface area contributed by atoms with Gasteiger partial charge in [-0.1, -0.05) is 0 Å². The molecule has 21 heavy (non-hydrogen) atoms. The van der Waals surface area contributed by atoms with Crippen LogP contribution in [0.15, 0.2) is 18.2 Å². The Hall–Kier alpha value is -1.26. The van der Waals surface area contributed by atoms with Gasteiger partial charge < -0.3 is 18.9 Å². The fourth-order valence-electron chi connectivity index (χ4n) is 2.63. The fraction of sp³-hybridized carbons (Fsp3) is 0.647. The van der Waals surface area contributed by atoms with Crippen LogP contribution in [0.2, 0.25) is 0 Å². The van der Waals surface area contributed by atoms with Crippen molar-refractivity contribution in [2.75, 3.05) is 26.4 Å². The Kier molecular flexibility index (Phi) is 3.74. The number of rotatable bonds is 7. The van der Waals surface area contributed by atoms with Crippen molar-refractivity contribution < 1.29 is 18.9 Å². The number of epoxide rings is 1. The van der Waals surface area contributed by atoms with Gasteiger partial charge in [-0.25, -0.2) is 0 Å². The summed E-state index contributed by atoms with van der Waals surface area (Å²) < 4.78 is 22.6. The van der Waals surface area contributed by atoms with E-state index >= 15 is 0 Å². The highest BCUT2D eigenvalue weighted by Crippen LogP contribution is 2.32. The third-order valence-corrected chi connectivity index (χ3v) is 4.25. The van der Waals surface area contributed by atoms with E-state index in [-0.39, 0.29) is 6.10 Å². The maximum atomic E-state index is 6.02. The number of hydrogen-bond donors (Lipinski definition) is 0. The maximum Gasteiger partial charge on any atom is 0.123 e. The Morgan fingerprint density at radius 1 is 1.05 bits per heavy atom. The number of ether oxygens (including phenoxy) is 4. The third-order valence-electron chi connectivity index (χ3n) is 4.25. The van der Waals surface area contributed by atoms with Gasteiger partial charge in [0.25, 0.3) is 0 Å². The molecule has 1 saturated carbocycles. The molecule has 4 rings (SSSR count). The normalized spacial score (nSPS) is 26.9. The summed E-state index contributed by atoms with van der Waals surface area (Å²) in [5.41, 5.74) is 1.24. The number of aryl methyl sites for hydroxylation is 1. The summed E-state index contributed by atoms with van der Waals surface area (Å²) in [7, 11) is 0. The first-order valence-electron chi connectivity index (χ1n) is 7.98. The zero-order valence-electron chi connectivity index (χ0n) is 12.3. The molecule has 2 fully saturated rings. The third kappa shape index (κ3) is 3.69. The summed E-state index contributed by atoms with van der Waals surface area (Å²) in [6.45, 7) is 3.10. The molecule has 0 radical (unpaired) electrons. The van der Waals surface area contributed by atoms with E-state index in [2.05, 4.69) is 6.07 Å². The SMILES string of the molecule is c1cc2c(cc1OCC1CO1)CCC(COCC1CC1)O2. The molecule has 0 amide bonds. The summed E-state index contributed by atoms with van der Waals surface area (Å²) in [6.07, 6.45) is 5.22. The van der Waals surface area contributed by atoms with Crippen molar-refractivity contribution in [3.63, 3.8) is 0 Å². The quantitative estimate of drug-likeness (QED) is 0.724. The molecule has 0 bridgehead atoms. The molecule has 2 atom stereocenters. The lowest BCUT2D eigenvalue weighted by Gasteiger charge is -2.26. The summed E-state index contributed by atoms with van der Waals surface area (Å²) in [6, 6.07) is 6.10. The van der Waals surface area contributed by atoms with Gasteiger partial charge in [0.15, 0.2) is 0 Å². The topological polar surface area (TPSA) is 40.2 Å². The second-order valence-electron chi connectivity index (χ2n) is 6.30. The molecule has 4 nitrogen and oxygen atoms in total. The van der Waals surface area contributed by atoms with E-state index in [4.69, 9.17) is 18.9 Å². The standard InChI is InChI=1S/C17H22O4/c1-2-12(1)8-18-9-15-4-3-13-7-14(5-6-17(13)21-15)19-10-16-11-20-16/h5-7,12,15-16H,1-4,8-11H2. The van der Waals surface area contributed by atoms with Gasteiger partial charge >= 0.3 is 0 Å². The minimum atomic E-state index is 0.197. The average Bonchev–Trinajstić information content (AvgIpc) is 3.39. The van der Waals surface area contributed by atoms with Crippen LogP contribution in [-0.2, 0) is 15.9 Å². The molecule has 3 aliphatic rings. The van der Waals surface area contributed by atoms with Crippen molar-refractivity contribution >= 4 is 0 Å². The van der Waals surface area contributed by atoms with Crippen LogP contribution in [0.5, 0.6) is 11.5 Å². The first-order valence-corrected chi connectivity index (χ1v) is 7.98. The Balaban J connectivity index is 1.29. The van der Waals surface area contributed by atoms with E-state index in [9.17, 15) is 0 Å².